The topological polar surface area (TPSA) is 78.5 Å². The molecule has 1 aromatic carbocycles. The molecule has 0 bridgehead atoms. The van der Waals surface area contributed by atoms with Gasteiger partial charge in [0.05, 0.1) is 10.8 Å². The van der Waals surface area contributed by atoms with Crippen LogP contribution in [-0.2, 0) is 14.8 Å². The van der Waals surface area contributed by atoms with E-state index in [9.17, 15) is 17.6 Å². The molecule has 2 unspecified atom stereocenters. The first-order chi connectivity index (χ1) is 11.5. The van der Waals surface area contributed by atoms with Crippen LogP contribution in [0.1, 0.15) is 19.3 Å². The van der Waals surface area contributed by atoms with Crippen molar-refractivity contribution in [1.29, 1.82) is 0 Å². The first kappa shape index (κ1) is 20.1. The van der Waals surface area contributed by atoms with Crippen LogP contribution in [-0.4, -0.2) is 51.4 Å². The number of rotatable bonds is 4. The Hall–Kier alpha value is -1.22. The van der Waals surface area contributed by atoms with Crippen molar-refractivity contribution in [1.82, 2.24) is 14.9 Å². The van der Waals surface area contributed by atoms with Crippen molar-refractivity contribution in [3.63, 3.8) is 0 Å². The van der Waals surface area contributed by atoms with Crippen LogP contribution in [0.5, 0.6) is 0 Å². The van der Waals surface area contributed by atoms with E-state index in [2.05, 4.69) is 10.0 Å². The second kappa shape index (κ2) is 8.44. The summed E-state index contributed by atoms with van der Waals surface area (Å²) >= 11 is 0. The van der Waals surface area contributed by atoms with Gasteiger partial charge in [0.15, 0.2) is 0 Å². The maximum Gasteiger partial charge on any atom is 0.240 e. The van der Waals surface area contributed by atoms with Crippen LogP contribution in [0.3, 0.4) is 0 Å². The average Bonchev–Trinajstić information content (AvgIpc) is 3.08. The summed E-state index contributed by atoms with van der Waals surface area (Å²) in [5, 5.41) is 3.17. The molecule has 0 saturated carbocycles. The fraction of sp³-hybridized carbons (Fsp3) is 0.562. The highest BCUT2D eigenvalue weighted by molar-refractivity contribution is 7.89. The summed E-state index contributed by atoms with van der Waals surface area (Å²) in [5.74, 6) is -0.509. The van der Waals surface area contributed by atoms with Crippen molar-refractivity contribution in [2.45, 2.75) is 30.2 Å². The van der Waals surface area contributed by atoms with Crippen molar-refractivity contribution < 1.29 is 17.6 Å². The van der Waals surface area contributed by atoms with Gasteiger partial charge < -0.3 is 10.2 Å². The van der Waals surface area contributed by atoms with E-state index in [1.54, 1.807) is 4.90 Å². The minimum absolute atomic E-state index is 0. The lowest BCUT2D eigenvalue weighted by atomic mass is 10.0. The van der Waals surface area contributed by atoms with E-state index in [1.165, 1.54) is 18.2 Å². The van der Waals surface area contributed by atoms with Gasteiger partial charge >= 0.3 is 0 Å². The van der Waals surface area contributed by atoms with Crippen LogP contribution < -0.4 is 10.0 Å². The Morgan fingerprint density at radius 3 is 2.80 bits per heavy atom. The number of likely N-dealkylation sites (tertiary alicyclic amines) is 1. The van der Waals surface area contributed by atoms with Gasteiger partial charge in [0.1, 0.15) is 5.82 Å². The third-order valence-corrected chi connectivity index (χ3v) is 6.09. The highest BCUT2D eigenvalue weighted by Crippen LogP contribution is 2.19. The Balaban J connectivity index is 0.00000225. The molecule has 25 heavy (non-hydrogen) atoms. The first-order valence-corrected chi connectivity index (χ1v) is 9.71. The fourth-order valence-corrected chi connectivity index (χ4v) is 4.61. The summed E-state index contributed by atoms with van der Waals surface area (Å²) < 4.78 is 40.7. The van der Waals surface area contributed by atoms with Gasteiger partial charge in [-0.25, -0.2) is 17.5 Å². The smallest absolute Gasteiger partial charge is 0.240 e. The lowest BCUT2D eigenvalue weighted by molar-refractivity contribution is -0.136. The predicted molar refractivity (Wildman–Crippen MR) is 94.5 cm³/mol. The summed E-state index contributed by atoms with van der Waals surface area (Å²) in [6, 6.07) is 4.59. The quantitative estimate of drug-likeness (QED) is 0.806. The molecule has 1 aromatic rings. The van der Waals surface area contributed by atoms with Crippen LogP contribution in [0, 0.1) is 11.7 Å². The number of sulfonamides is 1. The SMILES string of the molecule is Cl.O=C(C1CCNC1)N1CCCC(NS(=O)(=O)c2cccc(F)c2)C1. The number of hydrogen-bond acceptors (Lipinski definition) is 4. The third-order valence-electron chi connectivity index (χ3n) is 4.57. The Bertz CT molecular complexity index is 710. The Morgan fingerprint density at radius 2 is 2.12 bits per heavy atom. The fourth-order valence-electron chi connectivity index (χ4n) is 3.32. The lowest BCUT2D eigenvalue weighted by Gasteiger charge is -2.34. The number of halogens is 2. The van der Waals surface area contributed by atoms with Gasteiger partial charge in [-0.3, -0.25) is 4.79 Å². The molecule has 2 fully saturated rings. The minimum Gasteiger partial charge on any atom is -0.341 e. The second-order valence-corrected chi connectivity index (χ2v) is 8.11. The molecule has 0 radical (unpaired) electrons. The molecule has 0 aliphatic carbocycles. The second-order valence-electron chi connectivity index (χ2n) is 6.39. The number of piperidine rings is 1. The molecule has 0 aromatic heterocycles. The summed E-state index contributed by atoms with van der Waals surface area (Å²) in [4.78, 5) is 14.1. The summed E-state index contributed by atoms with van der Waals surface area (Å²) in [5.41, 5.74) is 0. The molecule has 2 heterocycles. The normalized spacial score (nSPS) is 24.0. The number of carbonyl (C=O) groups excluding carboxylic acids is 1. The first-order valence-electron chi connectivity index (χ1n) is 8.23. The minimum atomic E-state index is -3.79. The van der Waals surface area contributed by atoms with Crippen LogP contribution in [0.2, 0.25) is 0 Å². The van der Waals surface area contributed by atoms with Gasteiger partial charge in [-0.1, -0.05) is 6.07 Å². The molecule has 6 nitrogen and oxygen atoms in total. The zero-order valence-corrected chi connectivity index (χ0v) is 15.4. The number of hydrogen-bond donors (Lipinski definition) is 2. The predicted octanol–water partition coefficient (Wildman–Crippen LogP) is 1.13. The zero-order valence-electron chi connectivity index (χ0n) is 13.8. The van der Waals surface area contributed by atoms with Gasteiger partial charge in [0.2, 0.25) is 15.9 Å². The van der Waals surface area contributed by atoms with Crippen molar-refractivity contribution in [3.05, 3.63) is 30.1 Å². The maximum atomic E-state index is 13.3. The van der Waals surface area contributed by atoms with Gasteiger partial charge in [-0.05, 0) is 44.0 Å². The maximum absolute atomic E-state index is 13.3. The molecule has 2 atom stereocenters. The number of benzene rings is 1. The molecule has 9 heteroatoms. The molecule has 0 spiro atoms. The van der Waals surface area contributed by atoms with E-state index in [0.29, 0.717) is 26.1 Å². The zero-order chi connectivity index (χ0) is 17.2. The molecule has 2 aliphatic rings. The lowest BCUT2D eigenvalue weighted by Crippen LogP contribution is -2.51. The molecule has 140 valence electrons. The number of nitrogens with zero attached hydrogens (tertiary/aromatic N) is 1. The van der Waals surface area contributed by atoms with Crippen LogP contribution in [0.15, 0.2) is 29.2 Å². The van der Waals surface area contributed by atoms with Gasteiger partial charge in [-0.15, -0.1) is 12.4 Å². The molecular formula is C16H23ClFN3O3S. The summed E-state index contributed by atoms with van der Waals surface area (Å²) in [6.07, 6.45) is 2.25. The summed E-state index contributed by atoms with van der Waals surface area (Å²) in [7, 11) is -3.79. The number of nitrogens with one attached hydrogen (secondary N) is 2. The van der Waals surface area contributed by atoms with Crippen molar-refractivity contribution in [2.75, 3.05) is 26.2 Å². The monoisotopic (exact) mass is 391 g/mol. The standard InChI is InChI=1S/C16H22FN3O3S.ClH/c17-13-3-1-5-15(9-13)24(22,23)19-14-4-2-8-20(11-14)16(21)12-6-7-18-10-12;/h1,3,5,9,12,14,18-19H,2,4,6-8,10-11H2;1H. The van der Waals surface area contributed by atoms with E-state index in [-0.39, 0.29) is 35.2 Å². The summed E-state index contributed by atoms with van der Waals surface area (Å²) in [6.45, 7) is 2.56. The van der Waals surface area contributed by atoms with E-state index < -0.39 is 15.8 Å². The third kappa shape index (κ3) is 4.91. The Kier molecular flexibility index (Phi) is 6.79. The van der Waals surface area contributed by atoms with Gasteiger partial charge in [0, 0.05) is 25.7 Å². The number of carbonyl (C=O) groups is 1. The van der Waals surface area contributed by atoms with Crippen LogP contribution >= 0.6 is 12.4 Å². The van der Waals surface area contributed by atoms with Crippen LogP contribution in [0.4, 0.5) is 4.39 Å². The van der Waals surface area contributed by atoms with Crippen molar-refractivity contribution >= 4 is 28.3 Å². The molecule has 1 amide bonds. The molecule has 3 rings (SSSR count). The Labute approximate surface area is 153 Å². The molecule has 2 saturated heterocycles. The van der Waals surface area contributed by atoms with Gasteiger partial charge in [-0.2, -0.15) is 0 Å². The van der Waals surface area contributed by atoms with Crippen LogP contribution in [0.25, 0.3) is 0 Å². The Morgan fingerprint density at radius 1 is 1.32 bits per heavy atom. The molecule has 2 aliphatic heterocycles. The highest BCUT2D eigenvalue weighted by Gasteiger charge is 2.32. The van der Waals surface area contributed by atoms with E-state index in [4.69, 9.17) is 0 Å². The largest absolute Gasteiger partial charge is 0.341 e. The molecular weight excluding hydrogens is 369 g/mol. The van der Waals surface area contributed by atoms with E-state index in [0.717, 1.165) is 25.5 Å². The van der Waals surface area contributed by atoms with Gasteiger partial charge in [0.25, 0.3) is 0 Å². The van der Waals surface area contributed by atoms with Crippen molar-refractivity contribution in [2.24, 2.45) is 5.92 Å². The van der Waals surface area contributed by atoms with E-state index >= 15 is 0 Å². The van der Waals surface area contributed by atoms with Crippen molar-refractivity contribution in [3.8, 4) is 0 Å². The average molecular weight is 392 g/mol. The number of amides is 1. The molecule has 2 N–H and O–H groups in total. The highest BCUT2D eigenvalue weighted by atomic mass is 35.5. The van der Waals surface area contributed by atoms with E-state index in [1.807, 2.05) is 0 Å².